The summed E-state index contributed by atoms with van der Waals surface area (Å²) < 4.78 is 5.44. The molecule has 0 radical (unpaired) electrons. The predicted octanol–water partition coefficient (Wildman–Crippen LogP) is 2.87. The lowest BCUT2D eigenvalue weighted by molar-refractivity contribution is -0.122. The fraction of sp³-hybridized carbons (Fsp3) is 0.300. The highest BCUT2D eigenvalue weighted by Crippen LogP contribution is 2.30. The van der Waals surface area contributed by atoms with Gasteiger partial charge in [0.2, 0.25) is 22.9 Å². The standard InChI is InChI=1S/C20H20N6O4S2/c1-11-5-3-4-6-14(11)26-9-13(8-17(26)28)18(29)22-19-23-24-20(32-19)31-10-16(27)21-15-7-12(2)30-25-15/h3-7,13H,8-10H2,1-2H3,(H,21,25,27)(H,22,23,29)/t13-/m0/s1. The number of rotatable bonds is 7. The van der Waals surface area contributed by atoms with Crippen molar-refractivity contribution in [2.45, 2.75) is 24.6 Å². The molecule has 1 fully saturated rings. The van der Waals surface area contributed by atoms with Crippen LogP contribution in [-0.4, -0.2) is 45.4 Å². The van der Waals surface area contributed by atoms with E-state index in [-0.39, 0.29) is 29.9 Å². The number of aromatic nitrogens is 3. The van der Waals surface area contributed by atoms with Crippen molar-refractivity contribution in [3.63, 3.8) is 0 Å². The Kier molecular flexibility index (Phi) is 6.51. The van der Waals surface area contributed by atoms with Crippen LogP contribution < -0.4 is 15.5 Å². The van der Waals surface area contributed by atoms with E-state index in [0.29, 0.717) is 27.6 Å². The lowest BCUT2D eigenvalue weighted by Gasteiger charge is -2.18. The highest BCUT2D eigenvalue weighted by Gasteiger charge is 2.36. The lowest BCUT2D eigenvalue weighted by atomic mass is 10.1. The SMILES string of the molecule is Cc1cc(NC(=O)CSc2nnc(NC(=O)[C@H]3CC(=O)N(c4ccccc4C)C3)s2)no1. The van der Waals surface area contributed by atoms with Gasteiger partial charge in [-0.1, -0.05) is 46.5 Å². The van der Waals surface area contributed by atoms with Crippen LogP contribution >= 0.6 is 23.1 Å². The molecule has 0 spiro atoms. The van der Waals surface area contributed by atoms with Crippen LogP contribution in [-0.2, 0) is 14.4 Å². The van der Waals surface area contributed by atoms with E-state index in [1.807, 2.05) is 31.2 Å². The zero-order valence-corrected chi connectivity index (χ0v) is 19.0. The molecule has 0 bridgehead atoms. The molecule has 0 unspecified atom stereocenters. The Bertz CT molecular complexity index is 1160. The second kappa shape index (κ2) is 9.49. The molecule has 12 heteroatoms. The second-order valence-corrected chi connectivity index (χ2v) is 9.41. The van der Waals surface area contributed by atoms with Crippen LogP contribution in [0.1, 0.15) is 17.7 Å². The number of amides is 3. The van der Waals surface area contributed by atoms with Gasteiger partial charge in [0, 0.05) is 24.7 Å². The molecule has 2 aromatic heterocycles. The van der Waals surface area contributed by atoms with Gasteiger partial charge in [-0.3, -0.25) is 14.4 Å². The summed E-state index contributed by atoms with van der Waals surface area (Å²) in [7, 11) is 0. The first-order chi connectivity index (χ1) is 15.4. The van der Waals surface area contributed by atoms with E-state index in [4.69, 9.17) is 4.52 Å². The number of benzene rings is 1. The zero-order chi connectivity index (χ0) is 22.7. The first-order valence-electron chi connectivity index (χ1n) is 9.75. The summed E-state index contributed by atoms with van der Waals surface area (Å²) in [5.74, 6) is -0.0318. The fourth-order valence-electron chi connectivity index (χ4n) is 3.24. The molecule has 1 atom stereocenters. The Morgan fingerprint density at radius 2 is 2.06 bits per heavy atom. The molecule has 3 amide bonds. The summed E-state index contributed by atoms with van der Waals surface area (Å²) in [6.07, 6.45) is 0.141. The Balaban J connectivity index is 1.28. The van der Waals surface area contributed by atoms with Gasteiger partial charge in [0.15, 0.2) is 10.2 Å². The van der Waals surface area contributed by atoms with Crippen LogP contribution in [0.5, 0.6) is 0 Å². The number of nitrogens with one attached hydrogen (secondary N) is 2. The highest BCUT2D eigenvalue weighted by atomic mass is 32.2. The van der Waals surface area contributed by atoms with Gasteiger partial charge < -0.3 is 20.1 Å². The van der Waals surface area contributed by atoms with Crippen molar-refractivity contribution < 1.29 is 18.9 Å². The van der Waals surface area contributed by atoms with Crippen LogP contribution in [0.15, 0.2) is 39.2 Å². The second-order valence-electron chi connectivity index (χ2n) is 7.21. The van der Waals surface area contributed by atoms with E-state index in [9.17, 15) is 14.4 Å². The molecule has 1 aromatic carbocycles. The molecule has 4 rings (SSSR count). The summed E-state index contributed by atoms with van der Waals surface area (Å²) in [6.45, 7) is 3.98. The number of thioether (sulfide) groups is 1. The first kappa shape index (κ1) is 22.0. The molecule has 0 saturated carbocycles. The molecular weight excluding hydrogens is 452 g/mol. The summed E-state index contributed by atoms with van der Waals surface area (Å²) in [4.78, 5) is 38.8. The number of nitrogens with zero attached hydrogens (tertiary/aromatic N) is 4. The number of aryl methyl sites for hydroxylation is 2. The molecule has 3 aromatic rings. The van der Waals surface area contributed by atoms with E-state index >= 15 is 0 Å². The summed E-state index contributed by atoms with van der Waals surface area (Å²) in [5, 5.41) is 17.3. The van der Waals surface area contributed by atoms with Crippen molar-refractivity contribution in [2.24, 2.45) is 5.92 Å². The quantitative estimate of drug-likeness (QED) is 0.397. The molecule has 0 aliphatic carbocycles. The largest absolute Gasteiger partial charge is 0.360 e. The van der Waals surface area contributed by atoms with E-state index in [0.717, 1.165) is 11.3 Å². The van der Waals surface area contributed by atoms with Crippen molar-refractivity contribution in [2.75, 3.05) is 27.8 Å². The third-order valence-corrected chi connectivity index (χ3v) is 6.73. The van der Waals surface area contributed by atoms with Crippen molar-refractivity contribution in [3.05, 3.63) is 41.7 Å². The Labute approximate surface area is 191 Å². The van der Waals surface area contributed by atoms with Crippen LogP contribution in [0.2, 0.25) is 0 Å². The molecule has 10 nitrogen and oxygen atoms in total. The molecule has 1 aliphatic heterocycles. The van der Waals surface area contributed by atoms with Gasteiger partial charge in [0.1, 0.15) is 5.76 Å². The van der Waals surface area contributed by atoms with E-state index < -0.39 is 5.92 Å². The van der Waals surface area contributed by atoms with Crippen LogP contribution in [0, 0.1) is 19.8 Å². The number of hydrogen-bond acceptors (Lipinski definition) is 9. The summed E-state index contributed by atoms with van der Waals surface area (Å²) >= 11 is 2.36. The zero-order valence-electron chi connectivity index (χ0n) is 17.3. The number of hydrogen-bond donors (Lipinski definition) is 2. The minimum Gasteiger partial charge on any atom is -0.360 e. The monoisotopic (exact) mass is 472 g/mol. The van der Waals surface area contributed by atoms with Gasteiger partial charge in [-0.2, -0.15) is 0 Å². The fourth-order valence-corrected chi connectivity index (χ4v) is 4.79. The molecular formula is C20H20N6O4S2. The highest BCUT2D eigenvalue weighted by molar-refractivity contribution is 8.01. The number of para-hydroxylation sites is 1. The number of carbonyl (C=O) groups is 3. The number of carbonyl (C=O) groups excluding carboxylic acids is 3. The maximum Gasteiger partial charge on any atom is 0.236 e. The van der Waals surface area contributed by atoms with E-state index in [2.05, 4.69) is 26.0 Å². The number of anilines is 3. The minimum absolute atomic E-state index is 0.0822. The van der Waals surface area contributed by atoms with Gasteiger partial charge in [0.25, 0.3) is 0 Å². The topological polar surface area (TPSA) is 130 Å². The Morgan fingerprint density at radius 3 is 2.81 bits per heavy atom. The van der Waals surface area contributed by atoms with Gasteiger partial charge in [-0.15, -0.1) is 10.2 Å². The molecule has 32 heavy (non-hydrogen) atoms. The van der Waals surface area contributed by atoms with Gasteiger partial charge in [-0.25, -0.2) is 0 Å². The smallest absolute Gasteiger partial charge is 0.236 e. The summed E-state index contributed by atoms with van der Waals surface area (Å²) in [5.41, 5.74) is 1.80. The molecule has 2 N–H and O–H groups in total. The Hall–Kier alpha value is -3.25. The van der Waals surface area contributed by atoms with Crippen molar-refractivity contribution in [1.82, 2.24) is 15.4 Å². The third kappa shape index (κ3) is 5.14. The maximum atomic E-state index is 12.7. The van der Waals surface area contributed by atoms with Crippen molar-refractivity contribution in [3.8, 4) is 0 Å². The predicted molar refractivity (Wildman–Crippen MR) is 121 cm³/mol. The average molecular weight is 473 g/mol. The van der Waals surface area contributed by atoms with Crippen LogP contribution in [0.25, 0.3) is 0 Å². The molecule has 3 heterocycles. The van der Waals surface area contributed by atoms with E-state index in [1.54, 1.807) is 17.9 Å². The van der Waals surface area contributed by atoms with Crippen molar-refractivity contribution in [1.29, 1.82) is 0 Å². The Morgan fingerprint density at radius 1 is 1.25 bits per heavy atom. The summed E-state index contributed by atoms with van der Waals surface area (Å²) in [6, 6.07) is 9.21. The van der Waals surface area contributed by atoms with E-state index in [1.165, 1.54) is 23.1 Å². The lowest BCUT2D eigenvalue weighted by Crippen LogP contribution is -2.28. The third-order valence-electron chi connectivity index (χ3n) is 4.76. The first-order valence-corrected chi connectivity index (χ1v) is 11.6. The van der Waals surface area contributed by atoms with Gasteiger partial charge >= 0.3 is 0 Å². The maximum absolute atomic E-state index is 12.7. The molecule has 166 valence electrons. The minimum atomic E-state index is -0.473. The van der Waals surface area contributed by atoms with Gasteiger partial charge in [-0.05, 0) is 25.5 Å². The molecule has 1 aliphatic rings. The van der Waals surface area contributed by atoms with Crippen molar-refractivity contribution >= 4 is 57.5 Å². The normalized spacial score (nSPS) is 15.8. The van der Waals surface area contributed by atoms with Gasteiger partial charge in [0.05, 0.1) is 11.7 Å². The van der Waals surface area contributed by atoms with Crippen LogP contribution in [0.4, 0.5) is 16.6 Å². The average Bonchev–Trinajstić information content (AvgIpc) is 3.47. The molecule has 1 saturated heterocycles. The van der Waals surface area contributed by atoms with Crippen LogP contribution in [0.3, 0.4) is 0 Å².